The fraction of sp³-hybridized carbons (Fsp3) is 0.667. The zero-order valence-electron chi connectivity index (χ0n) is 18.1. The van der Waals surface area contributed by atoms with Gasteiger partial charge in [0.2, 0.25) is 29.5 Å². The summed E-state index contributed by atoms with van der Waals surface area (Å²) in [5.74, 6) is -4.88. The molecule has 0 saturated heterocycles. The molecule has 0 aliphatic heterocycles. The van der Waals surface area contributed by atoms with E-state index in [1.165, 1.54) is 13.8 Å². The second kappa shape index (κ2) is 13.9. The lowest BCUT2D eigenvalue weighted by atomic mass is 10.0. The molecule has 0 radical (unpaired) electrons. The number of primary amides is 2. The highest BCUT2D eigenvalue weighted by Gasteiger charge is 2.26. The van der Waals surface area contributed by atoms with Crippen LogP contribution >= 0.6 is 0 Å². The number of carboxylic acid groups (broad SMARTS) is 1. The number of hydrogen-bond donors (Lipinski definition) is 8. The molecule has 0 unspecified atom stereocenters. The van der Waals surface area contributed by atoms with Crippen LogP contribution in [-0.4, -0.2) is 70.8 Å². The van der Waals surface area contributed by atoms with E-state index in [1.807, 2.05) is 0 Å². The summed E-state index contributed by atoms with van der Waals surface area (Å²) in [6, 6.07) is -5.30. The van der Waals surface area contributed by atoms with Crippen molar-refractivity contribution in [3.8, 4) is 0 Å². The van der Waals surface area contributed by atoms with Crippen LogP contribution < -0.4 is 38.9 Å². The van der Waals surface area contributed by atoms with Gasteiger partial charge in [-0.05, 0) is 39.5 Å². The molecule has 0 aromatic heterocycles. The van der Waals surface area contributed by atoms with Crippen molar-refractivity contribution in [2.75, 3.05) is 0 Å². The van der Waals surface area contributed by atoms with Crippen LogP contribution in [0.1, 0.15) is 46.0 Å². The molecule has 32 heavy (non-hydrogen) atoms. The molecule has 0 aromatic carbocycles. The number of carbonyl (C=O) groups is 6. The largest absolute Gasteiger partial charge is 0.480 e. The summed E-state index contributed by atoms with van der Waals surface area (Å²) in [5.41, 5.74) is 21.3. The van der Waals surface area contributed by atoms with E-state index in [9.17, 15) is 28.8 Å². The Morgan fingerprint density at radius 1 is 0.781 bits per heavy atom. The average Bonchev–Trinajstić information content (AvgIpc) is 2.69. The number of hydrogen-bond acceptors (Lipinski definition) is 8. The van der Waals surface area contributed by atoms with Crippen molar-refractivity contribution >= 4 is 35.5 Å². The van der Waals surface area contributed by atoms with E-state index in [4.69, 9.17) is 28.0 Å². The Hall–Kier alpha value is -3.26. The highest BCUT2D eigenvalue weighted by atomic mass is 16.4. The highest BCUT2D eigenvalue weighted by Crippen LogP contribution is 2.06. The van der Waals surface area contributed by atoms with Crippen LogP contribution in [0.4, 0.5) is 0 Å². The van der Waals surface area contributed by atoms with E-state index in [0.717, 1.165) is 0 Å². The van der Waals surface area contributed by atoms with Gasteiger partial charge in [0.25, 0.3) is 0 Å². The molecule has 0 rings (SSSR count). The van der Waals surface area contributed by atoms with Crippen LogP contribution in [0, 0.1) is 0 Å². The van der Waals surface area contributed by atoms with Crippen molar-refractivity contribution in [3.63, 3.8) is 0 Å². The second-order valence-electron chi connectivity index (χ2n) is 7.42. The lowest BCUT2D eigenvalue weighted by Crippen LogP contribution is -2.52. The van der Waals surface area contributed by atoms with Crippen molar-refractivity contribution in [2.24, 2.45) is 22.9 Å². The van der Waals surface area contributed by atoms with Gasteiger partial charge in [0.05, 0.1) is 12.1 Å². The monoisotopic (exact) mass is 459 g/mol. The molecular weight excluding hydrogens is 426 g/mol. The minimum atomic E-state index is -1.27. The Balaban J connectivity index is 5.05. The predicted octanol–water partition coefficient (Wildman–Crippen LogP) is -3.86. The van der Waals surface area contributed by atoms with Crippen molar-refractivity contribution in [1.29, 1.82) is 0 Å². The van der Waals surface area contributed by atoms with E-state index >= 15 is 0 Å². The first-order valence-corrected chi connectivity index (χ1v) is 9.98. The summed E-state index contributed by atoms with van der Waals surface area (Å²) in [6.45, 7) is 2.66. The first-order valence-electron chi connectivity index (χ1n) is 9.98. The Kier molecular flexibility index (Phi) is 12.5. The van der Waals surface area contributed by atoms with Crippen molar-refractivity contribution in [1.82, 2.24) is 16.0 Å². The molecule has 0 aliphatic rings. The molecule has 14 nitrogen and oxygen atoms in total. The van der Waals surface area contributed by atoms with Crippen LogP contribution in [0.25, 0.3) is 0 Å². The Bertz CT molecular complexity index is 714. The second-order valence-corrected chi connectivity index (χ2v) is 7.42. The number of amides is 5. The van der Waals surface area contributed by atoms with Gasteiger partial charge in [-0.1, -0.05) is 0 Å². The minimum absolute atomic E-state index is 0.0472. The fourth-order valence-electron chi connectivity index (χ4n) is 2.46. The van der Waals surface area contributed by atoms with E-state index < -0.39 is 65.7 Å². The van der Waals surface area contributed by atoms with Gasteiger partial charge in [-0.15, -0.1) is 0 Å². The topological polar surface area (TPSA) is 263 Å². The summed E-state index contributed by atoms with van der Waals surface area (Å²) < 4.78 is 0. The van der Waals surface area contributed by atoms with E-state index in [0.29, 0.717) is 0 Å². The highest BCUT2D eigenvalue weighted by molar-refractivity contribution is 5.91. The molecule has 14 heteroatoms. The normalized spacial score (nSPS) is 15.4. The third kappa shape index (κ3) is 11.2. The molecule has 0 aromatic rings. The summed E-state index contributed by atoms with van der Waals surface area (Å²) in [6.07, 6.45) is 0.0122. The third-order valence-corrected chi connectivity index (χ3v) is 4.49. The smallest absolute Gasteiger partial charge is 0.325 e. The first-order chi connectivity index (χ1) is 14.8. The molecule has 5 amide bonds. The number of nitrogens with two attached hydrogens (primary N) is 4. The molecular formula is C18H33N7O7. The number of carboxylic acids is 1. The van der Waals surface area contributed by atoms with Crippen molar-refractivity contribution in [2.45, 2.75) is 76.2 Å². The van der Waals surface area contributed by atoms with E-state index in [-0.39, 0.29) is 32.1 Å². The summed E-state index contributed by atoms with van der Waals surface area (Å²) in [5, 5.41) is 16.0. The Morgan fingerprint density at radius 3 is 1.84 bits per heavy atom. The van der Waals surface area contributed by atoms with Gasteiger partial charge in [0.1, 0.15) is 18.1 Å². The van der Waals surface area contributed by atoms with Gasteiger partial charge in [-0.3, -0.25) is 28.8 Å². The van der Waals surface area contributed by atoms with Gasteiger partial charge in [0.15, 0.2) is 0 Å². The van der Waals surface area contributed by atoms with E-state index in [2.05, 4.69) is 16.0 Å². The first kappa shape index (κ1) is 28.7. The molecule has 0 spiro atoms. The van der Waals surface area contributed by atoms with Crippen LogP contribution in [0.15, 0.2) is 0 Å². The van der Waals surface area contributed by atoms with Gasteiger partial charge >= 0.3 is 5.97 Å². The lowest BCUT2D eigenvalue weighted by Gasteiger charge is -2.21. The summed E-state index contributed by atoms with van der Waals surface area (Å²) >= 11 is 0. The van der Waals surface area contributed by atoms with E-state index in [1.54, 1.807) is 0 Å². The summed E-state index contributed by atoms with van der Waals surface area (Å²) in [7, 11) is 0. The van der Waals surface area contributed by atoms with Crippen LogP contribution in [0.3, 0.4) is 0 Å². The average molecular weight is 460 g/mol. The molecule has 12 N–H and O–H groups in total. The molecule has 0 bridgehead atoms. The maximum absolute atomic E-state index is 12.4. The van der Waals surface area contributed by atoms with Gasteiger partial charge in [-0.2, -0.15) is 0 Å². The van der Waals surface area contributed by atoms with Gasteiger partial charge in [0, 0.05) is 6.42 Å². The maximum atomic E-state index is 12.4. The number of rotatable bonds is 15. The fourth-order valence-corrected chi connectivity index (χ4v) is 2.46. The number of aliphatic carboxylic acids is 1. The maximum Gasteiger partial charge on any atom is 0.325 e. The molecule has 0 aliphatic carbocycles. The van der Waals surface area contributed by atoms with Crippen LogP contribution in [0.2, 0.25) is 0 Å². The standard InChI is InChI=1S/C18H33N7O7/c1-8(19)16(29)25-11(15(22)28)6-7-13(26)24-12(5-3-4-10(20)14(21)27)17(30)23-9(2)18(31)32/h8-12H,3-7,19-20H2,1-2H3,(H2,21,27)(H2,22,28)(H,23,30)(H,24,26)(H,25,29)(H,31,32)/t8-,9+,10+,11+,12-/m0/s1. The molecule has 5 atom stereocenters. The minimum Gasteiger partial charge on any atom is -0.480 e. The number of carbonyl (C=O) groups excluding carboxylic acids is 5. The zero-order valence-corrected chi connectivity index (χ0v) is 18.1. The number of nitrogens with one attached hydrogen (secondary N) is 3. The molecule has 0 heterocycles. The van der Waals surface area contributed by atoms with Gasteiger partial charge in [-0.25, -0.2) is 0 Å². The van der Waals surface area contributed by atoms with Gasteiger partial charge < -0.3 is 44.0 Å². The molecule has 182 valence electrons. The van der Waals surface area contributed by atoms with Crippen molar-refractivity contribution in [3.05, 3.63) is 0 Å². The summed E-state index contributed by atoms with van der Waals surface area (Å²) in [4.78, 5) is 69.9. The third-order valence-electron chi connectivity index (χ3n) is 4.49. The Morgan fingerprint density at radius 2 is 1.38 bits per heavy atom. The van der Waals surface area contributed by atoms with Crippen LogP contribution in [0.5, 0.6) is 0 Å². The SMILES string of the molecule is C[C@H](N)C(=O)N[C@H](CCC(=O)N[C@@H](CCC[C@@H](N)C(N)=O)C(=O)N[C@H](C)C(=O)O)C(N)=O. The zero-order chi connectivity index (χ0) is 25.0. The molecule has 0 saturated carbocycles. The molecule has 0 fully saturated rings. The quantitative estimate of drug-likeness (QED) is 0.119. The predicted molar refractivity (Wildman–Crippen MR) is 112 cm³/mol. The lowest BCUT2D eigenvalue weighted by molar-refractivity contribution is -0.141. The van der Waals surface area contributed by atoms with Crippen LogP contribution in [-0.2, 0) is 28.8 Å². The Labute approximate surface area is 185 Å². The van der Waals surface area contributed by atoms with Crippen molar-refractivity contribution < 1.29 is 33.9 Å².